The number of fused-ring (bicyclic) bond motifs is 1. The molecule has 2 aliphatic rings. The van der Waals surface area contributed by atoms with Crippen molar-refractivity contribution in [2.75, 3.05) is 40.3 Å². The number of nitrogens with zero attached hydrogens (tertiary/aromatic N) is 3. The predicted octanol–water partition coefficient (Wildman–Crippen LogP) is 3.56. The number of nitrogens with one attached hydrogen (secondary N) is 2. The minimum atomic E-state index is -1.75. The standard InChI is InChI=1S/C31H40FN5O4/c1-20-17-26(41-4)24(28(38)34-20)18-33-29(39)27-21(2)37(25-8-6-5-7-23(25)27)19-22-9-13-36(14-10-22)30(40)31(32)11-15-35(3)16-12-31/h5-8,17,22H,9-16,18-19H2,1-4H3,(H,33,39)(H,34,38). The molecule has 2 N–H and O–H groups in total. The Labute approximate surface area is 239 Å². The van der Waals surface area contributed by atoms with Crippen LogP contribution in [0.25, 0.3) is 10.9 Å². The number of aromatic nitrogens is 2. The zero-order valence-corrected chi connectivity index (χ0v) is 24.4. The zero-order valence-electron chi connectivity index (χ0n) is 24.4. The second kappa shape index (κ2) is 11.7. The normalized spacial score (nSPS) is 18.0. The van der Waals surface area contributed by atoms with Crippen molar-refractivity contribution in [3.05, 3.63) is 63.2 Å². The Morgan fingerprint density at radius 1 is 1.12 bits per heavy atom. The van der Waals surface area contributed by atoms with Crippen LogP contribution in [0.1, 0.15) is 53.0 Å². The summed E-state index contributed by atoms with van der Waals surface area (Å²) in [6.07, 6.45) is 2.08. The molecule has 2 saturated heterocycles. The van der Waals surface area contributed by atoms with Gasteiger partial charge in [-0.3, -0.25) is 14.4 Å². The molecular weight excluding hydrogens is 525 g/mol. The van der Waals surface area contributed by atoms with Crippen molar-refractivity contribution >= 4 is 22.7 Å². The summed E-state index contributed by atoms with van der Waals surface area (Å²) in [7, 11) is 3.46. The number of rotatable bonds is 7. The summed E-state index contributed by atoms with van der Waals surface area (Å²) in [6, 6.07) is 9.56. The van der Waals surface area contributed by atoms with Gasteiger partial charge in [0.2, 0.25) is 0 Å². The Hall–Kier alpha value is -3.66. The quantitative estimate of drug-likeness (QED) is 0.457. The lowest BCUT2D eigenvalue weighted by molar-refractivity contribution is -0.148. The number of aromatic amines is 1. The molecule has 0 radical (unpaired) electrons. The van der Waals surface area contributed by atoms with Crippen molar-refractivity contribution in [2.24, 2.45) is 5.92 Å². The third-order valence-electron chi connectivity index (χ3n) is 8.84. The van der Waals surface area contributed by atoms with Gasteiger partial charge in [-0.25, -0.2) is 4.39 Å². The van der Waals surface area contributed by atoms with Crippen molar-refractivity contribution < 1.29 is 18.7 Å². The van der Waals surface area contributed by atoms with Gasteiger partial charge in [-0.05, 0) is 51.8 Å². The zero-order chi connectivity index (χ0) is 29.3. The molecule has 2 aliphatic heterocycles. The van der Waals surface area contributed by atoms with Crippen molar-refractivity contribution in [3.63, 3.8) is 0 Å². The maximum absolute atomic E-state index is 15.4. The number of carbonyl (C=O) groups excluding carboxylic acids is 2. The van der Waals surface area contributed by atoms with Crippen LogP contribution < -0.4 is 15.6 Å². The molecule has 1 aromatic carbocycles. The molecule has 220 valence electrons. The van der Waals surface area contributed by atoms with E-state index in [9.17, 15) is 14.4 Å². The molecule has 0 unspecified atom stereocenters. The molecular formula is C31H40FN5O4. The Morgan fingerprint density at radius 3 is 2.49 bits per heavy atom. The SMILES string of the molecule is COc1cc(C)[nH]c(=O)c1CNC(=O)c1c(C)n(CC2CCN(C(=O)C3(F)CCN(C)CC3)CC2)c2ccccc12. The monoisotopic (exact) mass is 565 g/mol. The fraction of sp³-hybridized carbons (Fsp3) is 0.516. The van der Waals surface area contributed by atoms with Gasteiger partial charge in [-0.1, -0.05) is 18.2 Å². The number of piperidine rings is 2. The van der Waals surface area contributed by atoms with Gasteiger partial charge < -0.3 is 29.4 Å². The van der Waals surface area contributed by atoms with Gasteiger partial charge in [0.05, 0.1) is 24.8 Å². The predicted molar refractivity (Wildman–Crippen MR) is 156 cm³/mol. The number of aryl methyl sites for hydroxylation is 1. The molecule has 0 spiro atoms. The summed E-state index contributed by atoms with van der Waals surface area (Å²) >= 11 is 0. The topological polar surface area (TPSA) is 99.7 Å². The van der Waals surface area contributed by atoms with Gasteiger partial charge in [-0.2, -0.15) is 0 Å². The number of benzene rings is 1. The highest BCUT2D eigenvalue weighted by Crippen LogP contribution is 2.32. The molecule has 3 aromatic rings. The third-order valence-corrected chi connectivity index (χ3v) is 8.84. The number of H-pyrrole nitrogens is 1. The fourth-order valence-electron chi connectivity index (χ4n) is 6.29. The summed E-state index contributed by atoms with van der Waals surface area (Å²) in [6.45, 7) is 6.76. The van der Waals surface area contributed by atoms with Crippen molar-refractivity contribution in [3.8, 4) is 5.75 Å². The average Bonchev–Trinajstić information content (AvgIpc) is 3.24. The van der Waals surface area contributed by atoms with Gasteiger partial charge in [0, 0.05) is 67.9 Å². The van der Waals surface area contributed by atoms with Crippen LogP contribution in [-0.4, -0.2) is 77.2 Å². The second-order valence-corrected chi connectivity index (χ2v) is 11.6. The van der Waals surface area contributed by atoms with Crippen LogP contribution in [0, 0.1) is 19.8 Å². The lowest BCUT2D eigenvalue weighted by atomic mass is 9.89. The van der Waals surface area contributed by atoms with Gasteiger partial charge in [-0.15, -0.1) is 0 Å². The summed E-state index contributed by atoms with van der Waals surface area (Å²) < 4.78 is 23.0. The first kappa shape index (κ1) is 28.9. The van der Waals surface area contributed by atoms with Gasteiger partial charge >= 0.3 is 0 Å². The van der Waals surface area contributed by atoms with E-state index >= 15 is 4.39 Å². The minimum absolute atomic E-state index is 0.0371. The summed E-state index contributed by atoms with van der Waals surface area (Å²) in [5.74, 6) is 0.124. The van der Waals surface area contributed by atoms with E-state index in [1.165, 1.54) is 7.11 Å². The minimum Gasteiger partial charge on any atom is -0.496 e. The summed E-state index contributed by atoms with van der Waals surface area (Å²) in [5.41, 5.74) is 1.40. The maximum atomic E-state index is 15.4. The van der Waals surface area contributed by atoms with Crippen molar-refractivity contribution in [1.29, 1.82) is 0 Å². The number of para-hydroxylation sites is 1. The number of amides is 2. The largest absolute Gasteiger partial charge is 0.496 e. The van der Waals surface area contributed by atoms with E-state index in [4.69, 9.17) is 4.74 Å². The number of likely N-dealkylation sites (tertiary alicyclic amines) is 2. The molecule has 10 heteroatoms. The van der Waals surface area contributed by atoms with E-state index in [1.54, 1.807) is 17.9 Å². The van der Waals surface area contributed by atoms with Crippen molar-refractivity contribution in [1.82, 2.24) is 24.7 Å². The molecule has 9 nitrogen and oxygen atoms in total. The lowest BCUT2D eigenvalue weighted by Crippen LogP contribution is -2.53. The van der Waals surface area contributed by atoms with Gasteiger partial charge in [0.25, 0.3) is 17.4 Å². The van der Waals surface area contributed by atoms with E-state index in [0.717, 1.165) is 29.4 Å². The van der Waals surface area contributed by atoms with Crippen LogP contribution in [0.2, 0.25) is 0 Å². The number of methoxy groups -OCH3 is 1. The number of hydrogen-bond acceptors (Lipinski definition) is 5. The molecule has 2 aromatic heterocycles. The molecule has 0 bridgehead atoms. The molecule has 41 heavy (non-hydrogen) atoms. The van der Waals surface area contributed by atoms with Gasteiger partial charge in [0.1, 0.15) is 5.75 Å². The van der Waals surface area contributed by atoms with Crippen LogP contribution in [0.3, 0.4) is 0 Å². The Bertz CT molecular complexity index is 1500. The number of alkyl halides is 1. The first-order valence-electron chi connectivity index (χ1n) is 14.4. The van der Waals surface area contributed by atoms with Crippen LogP contribution in [0.15, 0.2) is 35.1 Å². The van der Waals surface area contributed by atoms with Crippen molar-refractivity contribution in [2.45, 2.75) is 58.3 Å². The van der Waals surface area contributed by atoms with Crippen LogP contribution in [0.4, 0.5) is 4.39 Å². The fourth-order valence-corrected chi connectivity index (χ4v) is 6.29. The van der Waals surface area contributed by atoms with Crippen LogP contribution >= 0.6 is 0 Å². The third kappa shape index (κ3) is 5.75. The number of ether oxygens (including phenoxy) is 1. The van der Waals surface area contributed by atoms with E-state index < -0.39 is 5.67 Å². The molecule has 4 heterocycles. The highest BCUT2D eigenvalue weighted by molar-refractivity contribution is 6.08. The van der Waals surface area contributed by atoms with E-state index in [-0.39, 0.29) is 36.8 Å². The molecule has 0 aliphatic carbocycles. The number of hydrogen-bond donors (Lipinski definition) is 2. The summed E-state index contributed by atoms with van der Waals surface area (Å²) in [5, 5.41) is 3.77. The first-order valence-corrected chi connectivity index (χ1v) is 14.4. The molecule has 2 fully saturated rings. The molecule has 5 rings (SSSR count). The molecule has 0 saturated carbocycles. The lowest BCUT2D eigenvalue weighted by Gasteiger charge is -2.39. The van der Waals surface area contributed by atoms with E-state index in [2.05, 4.69) is 19.8 Å². The molecule has 0 atom stereocenters. The summed E-state index contributed by atoms with van der Waals surface area (Å²) in [4.78, 5) is 45.6. The van der Waals surface area contributed by atoms with E-state index in [0.29, 0.717) is 61.2 Å². The smallest absolute Gasteiger partial charge is 0.260 e. The average molecular weight is 566 g/mol. The highest BCUT2D eigenvalue weighted by atomic mass is 19.1. The number of halogens is 1. The van der Waals surface area contributed by atoms with E-state index in [1.807, 2.05) is 38.2 Å². The number of pyridine rings is 1. The first-order chi connectivity index (χ1) is 19.6. The number of carbonyl (C=O) groups is 2. The Kier molecular flexibility index (Phi) is 8.22. The van der Waals surface area contributed by atoms with Crippen LogP contribution in [0.5, 0.6) is 5.75 Å². The van der Waals surface area contributed by atoms with Gasteiger partial charge in [0.15, 0.2) is 5.67 Å². The second-order valence-electron chi connectivity index (χ2n) is 11.6. The maximum Gasteiger partial charge on any atom is 0.260 e. The van der Waals surface area contributed by atoms with Crippen LogP contribution in [-0.2, 0) is 17.9 Å². The Balaban J connectivity index is 1.29. The Morgan fingerprint density at radius 2 is 1.80 bits per heavy atom. The molecule has 2 amide bonds. The highest BCUT2D eigenvalue weighted by Gasteiger charge is 2.44.